The third-order valence-electron chi connectivity index (χ3n) is 6.59. The van der Waals surface area contributed by atoms with E-state index in [4.69, 9.17) is 0 Å². The first-order valence-electron chi connectivity index (χ1n) is 10.2. The van der Waals surface area contributed by atoms with Gasteiger partial charge >= 0.3 is 0 Å². The van der Waals surface area contributed by atoms with Gasteiger partial charge in [-0.25, -0.2) is 4.68 Å². The molecule has 0 amide bonds. The zero-order valence-corrected chi connectivity index (χ0v) is 15.7. The molecule has 1 aliphatic carbocycles. The monoisotopic (exact) mass is 361 g/mol. The fourth-order valence-corrected chi connectivity index (χ4v) is 5.15. The smallest absolute Gasteiger partial charge is 0.0652 e. The molecule has 0 bridgehead atoms. The Morgan fingerprint density at radius 2 is 1.93 bits per heavy atom. The average molecular weight is 361 g/mol. The summed E-state index contributed by atoms with van der Waals surface area (Å²) in [5, 5.41) is 17.6. The van der Waals surface area contributed by atoms with Gasteiger partial charge in [0.1, 0.15) is 0 Å². The normalized spacial score (nSPS) is 26.2. The van der Waals surface area contributed by atoms with Crippen LogP contribution in [0.15, 0.2) is 54.9 Å². The maximum atomic E-state index is 10.5. The molecule has 1 saturated heterocycles. The molecule has 140 valence electrons. The lowest BCUT2D eigenvalue weighted by molar-refractivity contribution is -0.0120. The largest absolute Gasteiger partial charge is 0.393 e. The molecule has 2 atom stereocenters. The molecule has 1 spiro atoms. The Morgan fingerprint density at radius 3 is 2.78 bits per heavy atom. The molecule has 1 aromatic heterocycles. The van der Waals surface area contributed by atoms with E-state index in [1.807, 2.05) is 10.9 Å². The van der Waals surface area contributed by atoms with Crippen molar-refractivity contribution < 1.29 is 5.11 Å². The average Bonchev–Trinajstić information content (AvgIpc) is 3.29. The van der Waals surface area contributed by atoms with Crippen molar-refractivity contribution in [2.75, 3.05) is 13.1 Å². The molecule has 5 rings (SSSR count). The van der Waals surface area contributed by atoms with Crippen LogP contribution >= 0.6 is 0 Å². The van der Waals surface area contributed by atoms with Crippen LogP contribution in [-0.2, 0) is 6.54 Å². The number of hydrogen-bond donors (Lipinski definition) is 1. The van der Waals surface area contributed by atoms with E-state index in [1.165, 1.54) is 42.0 Å². The standard InChI is InChI=1S/C23H27N3O/c27-22-7-3-10-23(22)11-4-12-25(17-23)15-18-14-24-26(16-18)21-9-8-19-5-1-2-6-20(19)13-21/h1-2,5-6,8-9,13-14,16,22,27H,3-4,7,10-12,15,17H2/t22-,23+/m1/s1. The first kappa shape index (κ1) is 17.0. The third-order valence-corrected chi connectivity index (χ3v) is 6.59. The summed E-state index contributed by atoms with van der Waals surface area (Å²) in [6.07, 6.45) is 9.74. The summed E-state index contributed by atoms with van der Waals surface area (Å²) in [4.78, 5) is 2.51. The van der Waals surface area contributed by atoms with Crippen molar-refractivity contribution in [1.82, 2.24) is 14.7 Å². The second-order valence-electron chi connectivity index (χ2n) is 8.41. The molecular weight excluding hydrogens is 334 g/mol. The molecule has 2 fully saturated rings. The Labute approximate surface area is 160 Å². The van der Waals surface area contributed by atoms with Crippen LogP contribution in [0.25, 0.3) is 16.5 Å². The number of likely N-dealkylation sites (tertiary alicyclic amines) is 1. The predicted molar refractivity (Wildman–Crippen MR) is 108 cm³/mol. The number of aliphatic hydroxyl groups excluding tert-OH is 1. The minimum Gasteiger partial charge on any atom is -0.393 e. The van der Waals surface area contributed by atoms with Gasteiger partial charge in [0, 0.05) is 30.3 Å². The SMILES string of the molecule is O[C@@H]1CCC[C@@]12CCCN(Cc1cnn(-c3ccc4ccccc4c3)c1)C2. The molecule has 27 heavy (non-hydrogen) atoms. The molecule has 2 aliphatic rings. The Hall–Kier alpha value is -2.17. The fraction of sp³-hybridized carbons (Fsp3) is 0.435. The minimum absolute atomic E-state index is 0.111. The zero-order valence-electron chi connectivity index (χ0n) is 15.7. The summed E-state index contributed by atoms with van der Waals surface area (Å²) in [5.41, 5.74) is 2.49. The maximum absolute atomic E-state index is 10.5. The molecule has 2 heterocycles. The van der Waals surface area contributed by atoms with E-state index in [2.05, 4.69) is 58.7 Å². The van der Waals surface area contributed by atoms with Gasteiger partial charge in [-0.3, -0.25) is 4.90 Å². The molecule has 4 nitrogen and oxygen atoms in total. The molecule has 1 N–H and O–H groups in total. The number of nitrogens with zero attached hydrogens (tertiary/aromatic N) is 3. The first-order chi connectivity index (χ1) is 13.2. The molecule has 1 saturated carbocycles. The summed E-state index contributed by atoms with van der Waals surface area (Å²) in [7, 11) is 0. The Kier molecular flexibility index (Phi) is 4.25. The number of piperidine rings is 1. The number of benzene rings is 2. The van der Waals surface area contributed by atoms with Crippen molar-refractivity contribution >= 4 is 10.8 Å². The Morgan fingerprint density at radius 1 is 1.07 bits per heavy atom. The second-order valence-corrected chi connectivity index (χ2v) is 8.41. The van der Waals surface area contributed by atoms with E-state index in [9.17, 15) is 5.11 Å². The van der Waals surface area contributed by atoms with Gasteiger partial charge in [0.25, 0.3) is 0 Å². The number of hydrogen-bond acceptors (Lipinski definition) is 3. The number of rotatable bonds is 3. The maximum Gasteiger partial charge on any atom is 0.0652 e. The fourth-order valence-electron chi connectivity index (χ4n) is 5.15. The van der Waals surface area contributed by atoms with Gasteiger partial charge in [0.15, 0.2) is 0 Å². The highest BCUT2D eigenvalue weighted by molar-refractivity contribution is 5.84. The lowest BCUT2D eigenvalue weighted by Crippen LogP contribution is -2.46. The van der Waals surface area contributed by atoms with Gasteiger partial charge in [0.05, 0.1) is 18.0 Å². The summed E-state index contributed by atoms with van der Waals surface area (Å²) in [6, 6.07) is 14.9. The molecule has 4 heteroatoms. The van der Waals surface area contributed by atoms with Crippen LogP contribution in [0.3, 0.4) is 0 Å². The molecule has 1 aliphatic heterocycles. The van der Waals surface area contributed by atoms with Crippen molar-refractivity contribution in [3.63, 3.8) is 0 Å². The topological polar surface area (TPSA) is 41.3 Å². The van der Waals surface area contributed by atoms with Gasteiger partial charge in [-0.1, -0.05) is 36.8 Å². The van der Waals surface area contributed by atoms with Gasteiger partial charge in [0.2, 0.25) is 0 Å². The molecule has 0 radical (unpaired) electrons. The van der Waals surface area contributed by atoms with E-state index in [0.29, 0.717) is 0 Å². The number of aromatic nitrogens is 2. The van der Waals surface area contributed by atoms with Crippen LogP contribution in [0.4, 0.5) is 0 Å². The number of fused-ring (bicyclic) bond motifs is 1. The van der Waals surface area contributed by atoms with Crippen molar-refractivity contribution in [1.29, 1.82) is 0 Å². The van der Waals surface area contributed by atoms with Crippen molar-refractivity contribution in [3.8, 4) is 5.69 Å². The van der Waals surface area contributed by atoms with E-state index < -0.39 is 0 Å². The molecule has 3 aromatic rings. The highest BCUT2D eigenvalue weighted by Gasteiger charge is 2.44. The van der Waals surface area contributed by atoms with E-state index >= 15 is 0 Å². The second kappa shape index (κ2) is 6.77. The van der Waals surface area contributed by atoms with E-state index in [1.54, 1.807) is 0 Å². The van der Waals surface area contributed by atoms with Crippen LogP contribution in [0.5, 0.6) is 0 Å². The minimum atomic E-state index is -0.111. The highest BCUT2D eigenvalue weighted by Crippen LogP contribution is 2.45. The highest BCUT2D eigenvalue weighted by atomic mass is 16.3. The molecule has 0 unspecified atom stereocenters. The Balaban J connectivity index is 1.33. The lowest BCUT2D eigenvalue weighted by Gasteiger charge is -2.42. The predicted octanol–water partition coefficient (Wildman–Crippen LogP) is 4.15. The van der Waals surface area contributed by atoms with Crippen LogP contribution in [0, 0.1) is 5.41 Å². The van der Waals surface area contributed by atoms with E-state index in [-0.39, 0.29) is 11.5 Å². The molecular formula is C23H27N3O. The number of aliphatic hydroxyl groups is 1. The van der Waals surface area contributed by atoms with Crippen molar-refractivity contribution in [2.45, 2.75) is 44.8 Å². The van der Waals surface area contributed by atoms with Crippen LogP contribution in [-0.4, -0.2) is 39.0 Å². The van der Waals surface area contributed by atoms with Crippen LogP contribution in [0.2, 0.25) is 0 Å². The van der Waals surface area contributed by atoms with Crippen molar-refractivity contribution in [2.24, 2.45) is 5.41 Å². The van der Waals surface area contributed by atoms with Crippen LogP contribution in [0.1, 0.15) is 37.7 Å². The summed E-state index contributed by atoms with van der Waals surface area (Å²) < 4.78 is 1.98. The van der Waals surface area contributed by atoms with Crippen LogP contribution < -0.4 is 0 Å². The Bertz CT molecular complexity index is 949. The van der Waals surface area contributed by atoms with Gasteiger partial charge in [-0.15, -0.1) is 0 Å². The first-order valence-corrected chi connectivity index (χ1v) is 10.2. The summed E-state index contributed by atoms with van der Waals surface area (Å²) in [5.74, 6) is 0. The van der Waals surface area contributed by atoms with Gasteiger partial charge < -0.3 is 5.11 Å². The lowest BCUT2D eigenvalue weighted by atomic mass is 9.76. The summed E-state index contributed by atoms with van der Waals surface area (Å²) >= 11 is 0. The molecule has 2 aromatic carbocycles. The van der Waals surface area contributed by atoms with E-state index in [0.717, 1.165) is 31.7 Å². The third kappa shape index (κ3) is 3.17. The van der Waals surface area contributed by atoms with Crippen molar-refractivity contribution in [3.05, 3.63) is 60.4 Å². The zero-order chi connectivity index (χ0) is 18.3. The summed E-state index contributed by atoms with van der Waals surface area (Å²) in [6.45, 7) is 3.06. The van der Waals surface area contributed by atoms with Gasteiger partial charge in [-0.2, -0.15) is 5.10 Å². The van der Waals surface area contributed by atoms with Gasteiger partial charge in [-0.05, 0) is 55.1 Å². The quantitative estimate of drug-likeness (QED) is 0.762.